The van der Waals surface area contributed by atoms with Crippen molar-refractivity contribution in [3.63, 3.8) is 0 Å². The molecule has 1 N–H and O–H groups in total. The van der Waals surface area contributed by atoms with Crippen molar-refractivity contribution in [3.05, 3.63) is 66.5 Å². The highest BCUT2D eigenvalue weighted by atomic mass is 16.5. The lowest BCUT2D eigenvalue weighted by atomic mass is 10.1. The van der Waals surface area contributed by atoms with Gasteiger partial charge in [0.25, 0.3) is 0 Å². The second-order valence-electron chi connectivity index (χ2n) is 6.44. The Morgan fingerprint density at radius 1 is 1.00 bits per heavy atom. The number of imidazole rings is 1. The molecule has 0 atom stereocenters. The van der Waals surface area contributed by atoms with Crippen molar-refractivity contribution in [1.29, 1.82) is 0 Å². The molecule has 1 aliphatic heterocycles. The van der Waals surface area contributed by atoms with Gasteiger partial charge in [0.05, 0.1) is 24.6 Å². The van der Waals surface area contributed by atoms with Crippen molar-refractivity contribution < 1.29 is 9.53 Å². The van der Waals surface area contributed by atoms with Crippen LogP contribution in [-0.4, -0.2) is 59.2 Å². The van der Waals surface area contributed by atoms with E-state index >= 15 is 0 Å². The summed E-state index contributed by atoms with van der Waals surface area (Å²) in [5.74, 6) is 0.179. The van der Waals surface area contributed by atoms with Crippen molar-refractivity contribution in [2.45, 2.75) is 0 Å². The Labute approximate surface area is 158 Å². The maximum absolute atomic E-state index is 13.0. The third kappa shape index (κ3) is 3.63. The summed E-state index contributed by atoms with van der Waals surface area (Å²) < 4.78 is 5.37. The normalized spacial score (nSPS) is 14.9. The van der Waals surface area contributed by atoms with Gasteiger partial charge in [0.15, 0.2) is 5.82 Å². The van der Waals surface area contributed by atoms with Crippen LogP contribution in [-0.2, 0) is 4.74 Å². The van der Waals surface area contributed by atoms with Gasteiger partial charge >= 0.3 is 5.91 Å². The lowest BCUT2D eigenvalue weighted by molar-refractivity contribution is -0.0583. The number of nitrogens with zero attached hydrogens (tertiary/aromatic N) is 3. The highest BCUT2D eigenvalue weighted by molar-refractivity contribution is 5.93. The summed E-state index contributed by atoms with van der Waals surface area (Å²) in [7, 11) is 1.78. The number of hydrazine groups is 1. The van der Waals surface area contributed by atoms with Gasteiger partial charge in [-0.25, -0.2) is 9.99 Å². The SMILES string of the molecule is CN(C(=O)c1nc(-c2ccccc2)c(-c2ccccc2)[nH]1)N1CCOCC1. The first kappa shape index (κ1) is 17.5. The van der Waals surface area contributed by atoms with Crippen LogP contribution in [0.2, 0.25) is 0 Å². The number of benzene rings is 2. The van der Waals surface area contributed by atoms with Crippen LogP contribution in [0.15, 0.2) is 60.7 Å². The first-order valence-corrected chi connectivity index (χ1v) is 9.05. The number of hydrogen-bond acceptors (Lipinski definition) is 4. The van der Waals surface area contributed by atoms with Gasteiger partial charge in [-0.1, -0.05) is 60.7 Å². The van der Waals surface area contributed by atoms with Gasteiger partial charge < -0.3 is 9.72 Å². The molecule has 0 saturated carbocycles. The van der Waals surface area contributed by atoms with E-state index in [2.05, 4.69) is 9.97 Å². The van der Waals surface area contributed by atoms with Crippen molar-refractivity contribution in [3.8, 4) is 22.5 Å². The molecule has 3 aromatic rings. The fraction of sp³-hybridized carbons (Fsp3) is 0.238. The van der Waals surface area contributed by atoms with Gasteiger partial charge in [-0.2, -0.15) is 0 Å². The number of rotatable bonds is 4. The minimum atomic E-state index is -0.156. The zero-order valence-corrected chi connectivity index (χ0v) is 15.3. The van der Waals surface area contributed by atoms with Gasteiger partial charge in [-0.3, -0.25) is 9.80 Å². The van der Waals surface area contributed by atoms with Crippen LogP contribution in [0.5, 0.6) is 0 Å². The molecule has 27 heavy (non-hydrogen) atoms. The molecule has 0 aliphatic carbocycles. The summed E-state index contributed by atoms with van der Waals surface area (Å²) >= 11 is 0. The number of carbonyl (C=O) groups excluding carboxylic acids is 1. The minimum Gasteiger partial charge on any atom is -0.379 e. The van der Waals surface area contributed by atoms with Crippen molar-refractivity contribution >= 4 is 5.91 Å². The number of hydrogen-bond donors (Lipinski definition) is 1. The third-order valence-electron chi connectivity index (χ3n) is 4.72. The summed E-state index contributed by atoms with van der Waals surface area (Å²) in [5.41, 5.74) is 3.60. The predicted octanol–water partition coefficient (Wildman–Crippen LogP) is 3.06. The average molecular weight is 362 g/mol. The Morgan fingerprint density at radius 2 is 1.59 bits per heavy atom. The molecule has 6 heteroatoms. The van der Waals surface area contributed by atoms with E-state index in [-0.39, 0.29) is 5.91 Å². The smallest absolute Gasteiger partial charge is 0.303 e. The quantitative estimate of drug-likeness (QED) is 0.775. The molecule has 1 aromatic heterocycles. The maximum atomic E-state index is 13.0. The van der Waals surface area contributed by atoms with E-state index < -0.39 is 0 Å². The molecule has 0 spiro atoms. The van der Waals surface area contributed by atoms with Crippen molar-refractivity contribution in [1.82, 2.24) is 20.0 Å². The minimum absolute atomic E-state index is 0.156. The number of aromatic nitrogens is 2. The van der Waals surface area contributed by atoms with Crippen molar-refractivity contribution in [2.75, 3.05) is 33.4 Å². The van der Waals surface area contributed by atoms with Crippen LogP contribution in [0.4, 0.5) is 0 Å². The number of aromatic amines is 1. The standard InChI is InChI=1S/C21H22N4O2/c1-24(25-12-14-27-15-13-25)21(26)20-22-18(16-8-4-2-5-9-16)19(23-20)17-10-6-3-7-11-17/h2-11H,12-15H2,1H3,(H,22,23). The fourth-order valence-corrected chi connectivity index (χ4v) is 3.23. The molecule has 1 saturated heterocycles. The molecule has 1 fully saturated rings. The molecule has 0 unspecified atom stereocenters. The molecular weight excluding hydrogens is 340 g/mol. The van der Waals surface area contributed by atoms with E-state index in [0.717, 1.165) is 22.5 Å². The molecule has 1 aliphatic rings. The number of amides is 1. The second kappa shape index (κ2) is 7.73. The van der Waals surface area contributed by atoms with E-state index in [0.29, 0.717) is 32.1 Å². The number of nitrogens with one attached hydrogen (secondary N) is 1. The molecule has 0 bridgehead atoms. The Hall–Kier alpha value is -2.96. The highest BCUT2D eigenvalue weighted by Crippen LogP contribution is 2.30. The highest BCUT2D eigenvalue weighted by Gasteiger charge is 2.25. The van der Waals surface area contributed by atoms with Gasteiger partial charge in [-0.05, 0) is 0 Å². The molecule has 138 valence electrons. The molecule has 1 amide bonds. The van der Waals surface area contributed by atoms with Gasteiger partial charge in [-0.15, -0.1) is 0 Å². The lowest BCUT2D eigenvalue weighted by Crippen LogP contribution is -2.49. The molecule has 0 radical (unpaired) electrons. The lowest BCUT2D eigenvalue weighted by Gasteiger charge is -2.33. The largest absolute Gasteiger partial charge is 0.379 e. The van der Waals surface area contributed by atoms with E-state index in [4.69, 9.17) is 4.74 Å². The zero-order valence-electron chi connectivity index (χ0n) is 15.3. The Balaban J connectivity index is 1.72. The monoisotopic (exact) mass is 362 g/mol. The summed E-state index contributed by atoms with van der Waals surface area (Å²) in [6, 6.07) is 19.9. The van der Waals surface area contributed by atoms with Gasteiger partial charge in [0.1, 0.15) is 0 Å². The van der Waals surface area contributed by atoms with E-state index in [1.807, 2.05) is 65.7 Å². The van der Waals surface area contributed by atoms with E-state index in [9.17, 15) is 4.79 Å². The summed E-state index contributed by atoms with van der Waals surface area (Å²) in [6.07, 6.45) is 0. The van der Waals surface area contributed by atoms with Crippen LogP contribution < -0.4 is 0 Å². The van der Waals surface area contributed by atoms with Gasteiger partial charge in [0.2, 0.25) is 0 Å². The number of ether oxygens (including phenoxy) is 1. The number of H-pyrrole nitrogens is 1. The Kier molecular flexibility index (Phi) is 5.00. The zero-order chi connectivity index (χ0) is 18.6. The Morgan fingerprint density at radius 3 is 2.22 bits per heavy atom. The van der Waals surface area contributed by atoms with Crippen LogP contribution in [0.3, 0.4) is 0 Å². The summed E-state index contributed by atoms with van der Waals surface area (Å²) in [5, 5.41) is 3.61. The maximum Gasteiger partial charge on any atom is 0.303 e. The molecule has 2 heterocycles. The summed E-state index contributed by atoms with van der Waals surface area (Å²) in [4.78, 5) is 20.9. The number of morpholine rings is 1. The van der Waals surface area contributed by atoms with Crippen LogP contribution >= 0.6 is 0 Å². The van der Waals surface area contributed by atoms with Crippen LogP contribution in [0.25, 0.3) is 22.5 Å². The van der Waals surface area contributed by atoms with Crippen LogP contribution in [0, 0.1) is 0 Å². The molecular formula is C21H22N4O2. The second-order valence-corrected chi connectivity index (χ2v) is 6.44. The number of carbonyl (C=O) groups is 1. The van der Waals surface area contributed by atoms with E-state index in [1.165, 1.54) is 0 Å². The Bertz CT molecular complexity index is 845. The van der Waals surface area contributed by atoms with E-state index in [1.54, 1.807) is 12.1 Å². The van der Waals surface area contributed by atoms with Crippen LogP contribution in [0.1, 0.15) is 10.6 Å². The summed E-state index contributed by atoms with van der Waals surface area (Å²) in [6.45, 7) is 2.64. The first-order valence-electron chi connectivity index (χ1n) is 9.05. The molecule has 6 nitrogen and oxygen atoms in total. The van der Waals surface area contributed by atoms with Gasteiger partial charge in [0, 0.05) is 31.3 Å². The van der Waals surface area contributed by atoms with Crippen molar-refractivity contribution in [2.24, 2.45) is 0 Å². The predicted molar refractivity (Wildman–Crippen MR) is 104 cm³/mol. The first-order chi connectivity index (χ1) is 13.2. The third-order valence-corrected chi connectivity index (χ3v) is 4.72. The fourth-order valence-electron chi connectivity index (χ4n) is 3.23. The molecule has 2 aromatic carbocycles. The molecule has 4 rings (SSSR count). The topological polar surface area (TPSA) is 61.5 Å². The average Bonchev–Trinajstić information content (AvgIpc) is 3.20.